The number of carbonyl (C=O) groups excluding carboxylic acids is 1. The summed E-state index contributed by atoms with van der Waals surface area (Å²) in [6.07, 6.45) is -0.0207. The topological polar surface area (TPSA) is 61.4 Å². The van der Waals surface area contributed by atoms with Crippen LogP contribution in [0.1, 0.15) is 48.0 Å². The van der Waals surface area contributed by atoms with Gasteiger partial charge in [-0.1, -0.05) is 61.7 Å². The van der Waals surface area contributed by atoms with E-state index >= 15 is 0 Å². The highest BCUT2D eigenvalue weighted by molar-refractivity contribution is 6.08. The summed E-state index contributed by atoms with van der Waals surface area (Å²) in [7, 11) is 0. The van der Waals surface area contributed by atoms with E-state index < -0.39 is 23.9 Å². The van der Waals surface area contributed by atoms with Crippen LogP contribution in [-0.2, 0) is 6.18 Å². The van der Waals surface area contributed by atoms with Crippen molar-refractivity contribution in [2.75, 3.05) is 10.6 Å². The number of nitrogens with one attached hydrogen (secondary N) is 2. The fourth-order valence-electron chi connectivity index (χ4n) is 4.48. The quantitative estimate of drug-likeness (QED) is 0.344. The maximum absolute atomic E-state index is 13.5. The molecule has 3 N–H and O–H groups in total. The predicted molar refractivity (Wildman–Crippen MR) is 127 cm³/mol. The highest BCUT2D eigenvalue weighted by atomic mass is 19.4. The molecule has 3 aromatic carbocycles. The summed E-state index contributed by atoms with van der Waals surface area (Å²) >= 11 is 0. The first-order chi connectivity index (χ1) is 16.3. The molecule has 0 bridgehead atoms. The Morgan fingerprint density at radius 2 is 1.62 bits per heavy atom. The second-order valence-corrected chi connectivity index (χ2v) is 8.61. The maximum atomic E-state index is 13.5. The van der Waals surface area contributed by atoms with Gasteiger partial charge in [0.15, 0.2) is 0 Å². The van der Waals surface area contributed by atoms with E-state index in [-0.39, 0.29) is 11.5 Å². The number of halogens is 3. The van der Waals surface area contributed by atoms with E-state index in [1.54, 1.807) is 48.5 Å². The molecule has 1 fully saturated rings. The first kappa shape index (κ1) is 23.8. The van der Waals surface area contributed by atoms with Crippen molar-refractivity contribution >= 4 is 17.3 Å². The average Bonchev–Trinajstić information content (AvgIpc) is 2.84. The lowest BCUT2D eigenvalue weighted by molar-refractivity contribution is -0.137. The van der Waals surface area contributed by atoms with E-state index in [1.165, 1.54) is 24.6 Å². The number of aliphatic hydroxyl groups is 1. The summed E-state index contributed by atoms with van der Waals surface area (Å²) in [5, 5.41) is 16.5. The van der Waals surface area contributed by atoms with Crippen molar-refractivity contribution in [3.05, 3.63) is 83.9 Å². The summed E-state index contributed by atoms with van der Waals surface area (Å²) < 4.78 is 40.4. The van der Waals surface area contributed by atoms with Gasteiger partial charge in [-0.15, -0.1) is 0 Å². The lowest BCUT2D eigenvalue weighted by Crippen LogP contribution is -2.31. The van der Waals surface area contributed by atoms with Crippen LogP contribution in [0.3, 0.4) is 0 Å². The van der Waals surface area contributed by atoms with E-state index in [1.807, 2.05) is 0 Å². The van der Waals surface area contributed by atoms with Gasteiger partial charge >= 0.3 is 6.18 Å². The zero-order valence-corrected chi connectivity index (χ0v) is 18.6. The van der Waals surface area contributed by atoms with Gasteiger partial charge in [-0.2, -0.15) is 13.2 Å². The van der Waals surface area contributed by atoms with Crippen LogP contribution in [0.25, 0.3) is 11.1 Å². The maximum Gasteiger partial charge on any atom is 0.417 e. The molecule has 1 aliphatic carbocycles. The third-order valence-electron chi connectivity index (χ3n) is 6.24. The fourth-order valence-corrected chi connectivity index (χ4v) is 4.48. The van der Waals surface area contributed by atoms with Gasteiger partial charge in [0.2, 0.25) is 0 Å². The highest BCUT2D eigenvalue weighted by Crippen LogP contribution is 2.37. The number of hydrogen-bond acceptors (Lipinski definition) is 3. The predicted octanol–water partition coefficient (Wildman–Crippen LogP) is 6.94. The fraction of sp³-hybridized carbons (Fsp3) is 0.296. The summed E-state index contributed by atoms with van der Waals surface area (Å²) in [6.45, 7) is 0. The molecule has 1 atom stereocenters. The summed E-state index contributed by atoms with van der Waals surface area (Å²) in [5.41, 5.74) is 0.899. The van der Waals surface area contributed by atoms with Gasteiger partial charge in [0, 0.05) is 17.3 Å². The molecule has 0 aliphatic heterocycles. The van der Waals surface area contributed by atoms with Crippen molar-refractivity contribution in [2.24, 2.45) is 5.92 Å². The normalized spacial score (nSPS) is 15.5. The van der Waals surface area contributed by atoms with E-state index in [2.05, 4.69) is 10.6 Å². The molecule has 1 unspecified atom stereocenters. The largest absolute Gasteiger partial charge is 0.417 e. The number of amides is 1. The summed E-state index contributed by atoms with van der Waals surface area (Å²) in [6, 6.07) is 18.6. The Morgan fingerprint density at radius 1 is 0.912 bits per heavy atom. The molecule has 4 rings (SSSR count). The first-order valence-corrected chi connectivity index (χ1v) is 11.4. The van der Waals surface area contributed by atoms with Crippen LogP contribution in [0.15, 0.2) is 72.8 Å². The molecular weight excluding hydrogens is 441 g/mol. The van der Waals surface area contributed by atoms with Gasteiger partial charge < -0.3 is 15.7 Å². The Kier molecular flexibility index (Phi) is 7.22. The van der Waals surface area contributed by atoms with Crippen molar-refractivity contribution in [1.29, 1.82) is 0 Å². The summed E-state index contributed by atoms with van der Waals surface area (Å²) in [5.74, 6) is -0.282. The highest BCUT2D eigenvalue weighted by Gasteiger charge is 2.33. The van der Waals surface area contributed by atoms with E-state index in [0.29, 0.717) is 22.5 Å². The Bertz CT molecular complexity index is 1140. The molecule has 1 amide bonds. The van der Waals surface area contributed by atoms with Gasteiger partial charge in [0.05, 0.1) is 11.1 Å². The van der Waals surface area contributed by atoms with Gasteiger partial charge in [-0.25, -0.2) is 0 Å². The smallest absolute Gasteiger partial charge is 0.374 e. The van der Waals surface area contributed by atoms with Crippen molar-refractivity contribution in [3.8, 4) is 11.1 Å². The van der Waals surface area contributed by atoms with Crippen LogP contribution in [0, 0.1) is 5.92 Å². The van der Waals surface area contributed by atoms with Gasteiger partial charge in [0.25, 0.3) is 5.91 Å². The lowest BCUT2D eigenvalue weighted by Gasteiger charge is -2.28. The van der Waals surface area contributed by atoms with Crippen LogP contribution in [0.5, 0.6) is 0 Å². The number of hydrogen-bond donors (Lipinski definition) is 3. The Labute approximate surface area is 196 Å². The van der Waals surface area contributed by atoms with Crippen molar-refractivity contribution in [3.63, 3.8) is 0 Å². The van der Waals surface area contributed by atoms with Gasteiger partial charge in [0.1, 0.15) is 6.23 Å². The second-order valence-electron chi connectivity index (χ2n) is 8.61. The number of carbonyl (C=O) groups is 1. The molecule has 178 valence electrons. The average molecular weight is 469 g/mol. The van der Waals surface area contributed by atoms with Crippen molar-refractivity contribution in [2.45, 2.75) is 44.5 Å². The molecule has 0 heterocycles. The molecule has 0 saturated heterocycles. The SMILES string of the molecule is O=C(Nc1cccc(-c2ccccc2C(F)(F)F)c1)c1ccccc1NC(O)C1CCCCC1. The molecule has 7 heteroatoms. The van der Waals surface area contributed by atoms with Crippen molar-refractivity contribution < 1.29 is 23.1 Å². The van der Waals surface area contributed by atoms with Gasteiger partial charge in [-0.3, -0.25) is 4.79 Å². The number of alkyl halides is 3. The molecule has 3 aromatic rings. The van der Waals surface area contributed by atoms with Crippen LogP contribution >= 0.6 is 0 Å². The molecule has 34 heavy (non-hydrogen) atoms. The minimum Gasteiger partial charge on any atom is -0.374 e. The standard InChI is InChI=1S/C27H27F3N2O2/c28-27(29,30)23-15-6-4-13-21(23)19-11-8-12-20(17-19)31-26(34)22-14-5-7-16-24(22)32-25(33)18-9-2-1-3-10-18/h4-8,11-18,25,32-33H,1-3,9-10H2,(H,31,34). The number of anilines is 2. The third-order valence-corrected chi connectivity index (χ3v) is 6.24. The Hall–Kier alpha value is -3.32. The van der Waals surface area contributed by atoms with Crippen LogP contribution in [-0.4, -0.2) is 17.2 Å². The zero-order valence-electron chi connectivity index (χ0n) is 18.6. The molecule has 0 spiro atoms. The van der Waals surface area contributed by atoms with Crippen molar-refractivity contribution in [1.82, 2.24) is 0 Å². The monoisotopic (exact) mass is 468 g/mol. The van der Waals surface area contributed by atoms with Gasteiger partial charge in [-0.05, 0) is 54.3 Å². The van der Waals surface area contributed by atoms with E-state index in [0.717, 1.165) is 31.7 Å². The van der Waals surface area contributed by atoms with Crippen LogP contribution in [0.4, 0.5) is 24.5 Å². The first-order valence-electron chi connectivity index (χ1n) is 11.4. The molecule has 1 aliphatic rings. The Morgan fingerprint density at radius 3 is 2.38 bits per heavy atom. The number of aliphatic hydroxyl groups excluding tert-OH is 1. The van der Waals surface area contributed by atoms with E-state index in [4.69, 9.17) is 0 Å². The number of benzene rings is 3. The molecule has 1 saturated carbocycles. The Balaban J connectivity index is 1.54. The minimum absolute atomic E-state index is 0.0452. The lowest BCUT2D eigenvalue weighted by atomic mass is 9.88. The summed E-state index contributed by atoms with van der Waals surface area (Å²) in [4.78, 5) is 13.1. The number of para-hydroxylation sites is 1. The minimum atomic E-state index is -4.49. The molecule has 0 aromatic heterocycles. The number of rotatable bonds is 6. The molecular formula is C27H27F3N2O2. The zero-order chi connectivity index (χ0) is 24.1. The van der Waals surface area contributed by atoms with Crippen LogP contribution in [0.2, 0.25) is 0 Å². The third kappa shape index (κ3) is 5.59. The molecule has 0 radical (unpaired) electrons. The molecule has 4 nitrogen and oxygen atoms in total. The van der Waals surface area contributed by atoms with Crippen LogP contribution < -0.4 is 10.6 Å². The van der Waals surface area contributed by atoms with E-state index in [9.17, 15) is 23.1 Å². The second kappa shape index (κ2) is 10.3.